The lowest BCUT2D eigenvalue weighted by Gasteiger charge is -1.83. The molecule has 2 nitrogen and oxygen atoms in total. The average molecular weight is 186 g/mol. The summed E-state index contributed by atoms with van der Waals surface area (Å²) >= 11 is 7.65. The summed E-state index contributed by atoms with van der Waals surface area (Å²) in [5.74, 6) is 0. The lowest BCUT2D eigenvalue weighted by atomic mass is 10.3. The van der Waals surface area contributed by atoms with Crippen molar-refractivity contribution in [2.45, 2.75) is 0 Å². The zero-order valence-corrected chi connectivity index (χ0v) is 7.61. The molecule has 4 N–H and O–H groups in total. The van der Waals surface area contributed by atoms with Crippen molar-refractivity contribution in [1.29, 1.82) is 0 Å². The van der Waals surface area contributed by atoms with E-state index in [0.717, 1.165) is 5.69 Å². The van der Waals surface area contributed by atoms with Crippen molar-refractivity contribution in [3.8, 4) is 0 Å². The van der Waals surface area contributed by atoms with E-state index in [9.17, 15) is 0 Å². The fourth-order valence-electron chi connectivity index (χ4n) is 0.453. The molecule has 0 aromatic heterocycles. The summed E-state index contributed by atoms with van der Waals surface area (Å²) < 4.78 is 0.194. The molecule has 0 fully saturated rings. The highest BCUT2D eigenvalue weighted by Gasteiger charge is 1.72. The van der Waals surface area contributed by atoms with Crippen LogP contribution in [0.4, 0.5) is 5.69 Å². The Morgan fingerprint density at radius 1 is 1.27 bits per heavy atom. The number of nitrogen functional groups attached to an aromatic ring is 1. The van der Waals surface area contributed by atoms with Gasteiger partial charge in [0.1, 0.15) is 4.32 Å². The summed E-state index contributed by atoms with van der Waals surface area (Å²) in [6.45, 7) is 0. The van der Waals surface area contributed by atoms with E-state index >= 15 is 0 Å². The number of hydrogen-bond donors (Lipinski definition) is 3. The Morgan fingerprint density at radius 3 is 1.82 bits per heavy atom. The third kappa shape index (κ3) is 9.26. The molecule has 0 heterocycles. The van der Waals surface area contributed by atoms with Gasteiger partial charge in [-0.05, 0) is 12.1 Å². The van der Waals surface area contributed by atoms with Gasteiger partial charge < -0.3 is 11.5 Å². The largest absolute Gasteiger partial charge is 0.399 e. The van der Waals surface area contributed by atoms with Crippen molar-refractivity contribution in [1.82, 2.24) is 0 Å². The minimum atomic E-state index is 0.194. The summed E-state index contributed by atoms with van der Waals surface area (Å²) in [5, 5.41) is 0. The minimum Gasteiger partial charge on any atom is -0.399 e. The molecule has 1 aromatic carbocycles. The van der Waals surface area contributed by atoms with E-state index in [1.165, 1.54) is 0 Å². The number of benzene rings is 1. The van der Waals surface area contributed by atoms with Gasteiger partial charge in [0.25, 0.3) is 0 Å². The Balaban J connectivity index is 0.000000218. The summed E-state index contributed by atoms with van der Waals surface area (Å²) in [6, 6.07) is 9.49. The zero-order chi connectivity index (χ0) is 8.69. The summed E-state index contributed by atoms with van der Waals surface area (Å²) in [4.78, 5) is 0. The maximum absolute atomic E-state index is 5.36. The predicted molar refractivity (Wildman–Crippen MR) is 56.6 cm³/mol. The van der Waals surface area contributed by atoms with Gasteiger partial charge in [-0.1, -0.05) is 30.4 Å². The Hall–Kier alpha value is -0.740. The lowest BCUT2D eigenvalue weighted by Crippen LogP contribution is -1.94. The molecule has 0 atom stereocenters. The Labute approximate surface area is 77.0 Å². The van der Waals surface area contributed by atoms with Gasteiger partial charge in [-0.15, -0.1) is 12.6 Å². The van der Waals surface area contributed by atoms with E-state index in [0.29, 0.717) is 0 Å². The van der Waals surface area contributed by atoms with Gasteiger partial charge >= 0.3 is 0 Å². The molecule has 60 valence electrons. The number of anilines is 1. The monoisotopic (exact) mass is 186 g/mol. The number of thiocarbonyl (C=S) groups is 1. The normalized spacial score (nSPS) is 7.73. The van der Waals surface area contributed by atoms with E-state index in [-0.39, 0.29) is 4.32 Å². The SMILES string of the molecule is NC(=S)S.Nc1ccccc1. The third-order valence-electron chi connectivity index (χ3n) is 0.800. The van der Waals surface area contributed by atoms with Gasteiger partial charge in [-0.25, -0.2) is 0 Å². The highest BCUT2D eigenvalue weighted by Crippen LogP contribution is 1.95. The van der Waals surface area contributed by atoms with Gasteiger partial charge in [0.05, 0.1) is 0 Å². The van der Waals surface area contributed by atoms with Crippen LogP contribution in [-0.2, 0) is 0 Å². The molecule has 11 heavy (non-hydrogen) atoms. The standard InChI is InChI=1S/C6H7N.CH3NS2/c7-6-4-2-1-3-5-6;2-1(3)4/h1-5H,7H2;(H3,2,3,4). The van der Waals surface area contributed by atoms with Gasteiger partial charge in [-0.2, -0.15) is 0 Å². The third-order valence-corrected chi connectivity index (χ3v) is 0.800. The average Bonchev–Trinajstić information content (AvgIpc) is 1.87. The predicted octanol–water partition coefficient (Wildman–Crippen LogP) is 1.43. The molecule has 0 amide bonds. The van der Waals surface area contributed by atoms with Crippen LogP contribution < -0.4 is 11.5 Å². The number of rotatable bonds is 0. The number of nitrogens with two attached hydrogens (primary N) is 2. The van der Waals surface area contributed by atoms with E-state index in [1.807, 2.05) is 30.3 Å². The Morgan fingerprint density at radius 2 is 1.64 bits per heavy atom. The fraction of sp³-hybridized carbons (Fsp3) is 0. The Kier molecular flexibility index (Phi) is 5.60. The first kappa shape index (κ1) is 10.3. The van der Waals surface area contributed by atoms with E-state index in [1.54, 1.807) is 0 Å². The van der Waals surface area contributed by atoms with Gasteiger partial charge in [0, 0.05) is 5.69 Å². The molecule has 4 heteroatoms. The first-order valence-electron chi connectivity index (χ1n) is 2.92. The smallest absolute Gasteiger partial charge is 0.128 e. The second-order valence-corrected chi connectivity index (χ2v) is 2.97. The minimum absolute atomic E-state index is 0.194. The zero-order valence-electron chi connectivity index (χ0n) is 5.90. The van der Waals surface area contributed by atoms with Crippen LogP contribution in [0.25, 0.3) is 0 Å². The second kappa shape index (κ2) is 6.00. The molecule has 0 saturated heterocycles. The molecule has 0 unspecified atom stereocenters. The Bertz CT molecular complexity index is 207. The molecule has 0 radical (unpaired) electrons. The van der Waals surface area contributed by atoms with Crippen molar-refractivity contribution in [3.05, 3.63) is 30.3 Å². The van der Waals surface area contributed by atoms with Crippen LogP contribution in [0.3, 0.4) is 0 Å². The van der Waals surface area contributed by atoms with Crippen molar-refractivity contribution < 1.29 is 0 Å². The van der Waals surface area contributed by atoms with Crippen LogP contribution >= 0.6 is 24.8 Å². The van der Waals surface area contributed by atoms with Crippen molar-refractivity contribution in [3.63, 3.8) is 0 Å². The quantitative estimate of drug-likeness (QED) is 0.326. The van der Waals surface area contributed by atoms with Crippen LogP contribution in [0.5, 0.6) is 0 Å². The number of thiol groups is 1. The lowest BCUT2D eigenvalue weighted by molar-refractivity contribution is 1.69. The molecule has 0 aliphatic rings. The van der Waals surface area contributed by atoms with Crippen molar-refractivity contribution in [2.75, 3.05) is 5.73 Å². The molecule has 0 bridgehead atoms. The first-order chi connectivity index (χ1) is 5.13. The van der Waals surface area contributed by atoms with Crippen LogP contribution in [0.15, 0.2) is 30.3 Å². The summed E-state index contributed by atoms with van der Waals surface area (Å²) in [7, 11) is 0. The van der Waals surface area contributed by atoms with Crippen LogP contribution in [0.2, 0.25) is 0 Å². The summed E-state index contributed by atoms with van der Waals surface area (Å²) in [6.07, 6.45) is 0. The van der Waals surface area contributed by atoms with E-state index < -0.39 is 0 Å². The maximum atomic E-state index is 5.36. The fourth-order valence-corrected chi connectivity index (χ4v) is 0.453. The summed E-state index contributed by atoms with van der Waals surface area (Å²) in [5.41, 5.74) is 10.9. The topological polar surface area (TPSA) is 52.0 Å². The second-order valence-electron chi connectivity index (χ2n) is 1.75. The molecule has 0 aliphatic heterocycles. The van der Waals surface area contributed by atoms with Crippen molar-refractivity contribution >= 4 is 34.9 Å². The van der Waals surface area contributed by atoms with Crippen LogP contribution in [0, 0.1) is 0 Å². The molecule has 0 aliphatic carbocycles. The van der Waals surface area contributed by atoms with Gasteiger partial charge in [0.2, 0.25) is 0 Å². The molecular weight excluding hydrogens is 176 g/mol. The van der Waals surface area contributed by atoms with Crippen molar-refractivity contribution in [2.24, 2.45) is 5.73 Å². The number of para-hydroxylation sites is 1. The highest BCUT2D eigenvalue weighted by atomic mass is 32.1. The molecule has 0 spiro atoms. The van der Waals surface area contributed by atoms with Crippen LogP contribution in [0.1, 0.15) is 0 Å². The van der Waals surface area contributed by atoms with Crippen LogP contribution in [-0.4, -0.2) is 4.32 Å². The number of hydrogen-bond acceptors (Lipinski definition) is 2. The molecule has 0 saturated carbocycles. The molecule has 1 aromatic rings. The van der Waals surface area contributed by atoms with Gasteiger partial charge in [0.15, 0.2) is 0 Å². The maximum Gasteiger partial charge on any atom is 0.128 e. The molecular formula is C7H10N2S2. The van der Waals surface area contributed by atoms with E-state index in [4.69, 9.17) is 11.5 Å². The highest BCUT2D eigenvalue weighted by molar-refractivity contribution is 8.10. The van der Waals surface area contributed by atoms with Gasteiger partial charge in [-0.3, -0.25) is 0 Å². The molecule has 1 rings (SSSR count). The van der Waals surface area contributed by atoms with E-state index in [2.05, 4.69) is 24.8 Å². The first-order valence-corrected chi connectivity index (χ1v) is 3.77.